The second-order valence-electron chi connectivity index (χ2n) is 7.00. The van der Waals surface area contributed by atoms with Crippen molar-refractivity contribution in [3.63, 3.8) is 0 Å². The summed E-state index contributed by atoms with van der Waals surface area (Å²) in [6.45, 7) is 2.40. The van der Waals surface area contributed by atoms with Crippen LogP contribution in [0.1, 0.15) is 18.4 Å². The summed E-state index contributed by atoms with van der Waals surface area (Å²) in [5.41, 5.74) is 2.50. The molecule has 0 bridgehead atoms. The summed E-state index contributed by atoms with van der Waals surface area (Å²) >= 11 is 0. The van der Waals surface area contributed by atoms with Crippen molar-refractivity contribution in [2.24, 2.45) is 5.92 Å². The number of halogens is 1. The van der Waals surface area contributed by atoms with Gasteiger partial charge in [0.1, 0.15) is 11.3 Å². The Hall–Kier alpha value is -2.89. The molecule has 6 heteroatoms. The van der Waals surface area contributed by atoms with E-state index in [-0.39, 0.29) is 18.1 Å². The molecule has 1 fully saturated rings. The minimum absolute atomic E-state index is 0.0250. The van der Waals surface area contributed by atoms with Crippen LogP contribution in [0, 0.1) is 11.7 Å². The van der Waals surface area contributed by atoms with E-state index in [1.807, 2.05) is 24.3 Å². The number of carbonyl (C=O) groups is 1. The van der Waals surface area contributed by atoms with Crippen LogP contribution in [0.3, 0.4) is 0 Å². The van der Waals surface area contributed by atoms with Gasteiger partial charge >= 0.3 is 0 Å². The Balaban J connectivity index is 1.24. The van der Waals surface area contributed by atoms with Crippen LogP contribution >= 0.6 is 0 Å². The van der Waals surface area contributed by atoms with E-state index in [9.17, 15) is 9.18 Å². The lowest BCUT2D eigenvalue weighted by molar-refractivity contribution is -0.120. The van der Waals surface area contributed by atoms with E-state index >= 15 is 0 Å². The molecule has 1 N–H and O–H groups in total. The van der Waals surface area contributed by atoms with E-state index in [0.29, 0.717) is 18.5 Å². The van der Waals surface area contributed by atoms with Gasteiger partial charge in [0.15, 0.2) is 5.58 Å². The number of piperidine rings is 1. The minimum atomic E-state index is -0.287. The molecule has 0 radical (unpaired) electrons. The highest BCUT2D eigenvalue weighted by molar-refractivity contribution is 5.78. The zero-order valence-electron chi connectivity index (χ0n) is 15.0. The number of para-hydroxylation sites is 2. The second kappa shape index (κ2) is 7.78. The number of aromatic nitrogens is 1. The first kappa shape index (κ1) is 17.5. The van der Waals surface area contributed by atoms with Gasteiger partial charge in [-0.15, -0.1) is 0 Å². The number of fused-ring (bicyclic) bond motifs is 1. The Morgan fingerprint density at radius 3 is 2.63 bits per heavy atom. The maximum Gasteiger partial charge on any atom is 0.298 e. The summed E-state index contributed by atoms with van der Waals surface area (Å²) in [5.74, 6) is 0.135. The monoisotopic (exact) mass is 367 g/mol. The molecule has 1 amide bonds. The Morgan fingerprint density at radius 2 is 1.89 bits per heavy atom. The van der Waals surface area contributed by atoms with Crippen LogP contribution in [0.4, 0.5) is 10.4 Å². The lowest BCUT2D eigenvalue weighted by Gasteiger charge is -2.30. The van der Waals surface area contributed by atoms with Crippen molar-refractivity contribution in [1.29, 1.82) is 0 Å². The zero-order valence-corrected chi connectivity index (χ0v) is 15.0. The lowest BCUT2D eigenvalue weighted by atomic mass is 9.97. The highest BCUT2D eigenvalue weighted by Gasteiger charge is 2.23. The van der Waals surface area contributed by atoms with Crippen molar-refractivity contribution in [2.75, 3.05) is 24.5 Å². The Bertz CT molecular complexity index is 882. The summed E-state index contributed by atoms with van der Waals surface area (Å²) in [5, 5.41) is 3.00. The van der Waals surface area contributed by atoms with Crippen molar-refractivity contribution >= 4 is 23.0 Å². The number of nitrogens with one attached hydrogen (secondary N) is 1. The van der Waals surface area contributed by atoms with Gasteiger partial charge in [0, 0.05) is 19.6 Å². The molecule has 5 nitrogen and oxygen atoms in total. The lowest BCUT2D eigenvalue weighted by Crippen LogP contribution is -2.39. The van der Waals surface area contributed by atoms with E-state index in [2.05, 4.69) is 15.2 Å². The van der Waals surface area contributed by atoms with Gasteiger partial charge in [-0.25, -0.2) is 4.39 Å². The van der Waals surface area contributed by atoms with E-state index in [1.54, 1.807) is 12.1 Å². The maximum absolute atomic E-state index is 12.9. The predicted molar refractivity (Wildman–Crippen MR) is 102 cm³/mol. The third-order valence-corrected chi connectivity index (χ3v) is 5.03. The number of nitrogens with zero attached hydrogens (tertiary/aromatic N) is 2. The number of hydrogen-bond donors (Lipinski definition) is 1. The van der Waals surface area contributed by atoms with E-state index in [1.165, 1.54) is 12.1 Å². The predicted octanol–water partition coefficient (Wildman–Crippen LogP) is 3.54. The van der Waals surface area contributed by atoms with Gasteiger partial charge in [0.25, 0.3) is 6.01 Å². The van der Waals surface area contributed by atoms with Crippen LogP contribution in [-0.4, -0.2) is 30.5 Å². The molecule has 2 heterocycles. The summed E-state index contributed by atoms with van der Waals surface area (Å²) in [4.78, 5) is 18.8. The fraction of sp³-hybridized carbons (Fsp3) is 0.333. The van der Waals surface area contributed by atoms with Crippen LogP contribution in [0.5, 0.6) is 0 Å². The molecule has 1 saturated heterocycles. The second-order valence-corrected chi connectivity index (χ2v) is 7.00. The number of benzene rings is 2. The molecule has 1 aliphatic heterocycles. The highest BCUT2D eigenvalue weighted by Crippen LogP contribution is 2.26. The molecule has 0 unspecified atom stereocenters. The molecule has 140 valence electrons. The average molecular weight is 367 g/mol. The van der Waals surface area contributed by atoms with Gasteiger partial charge in [0.05, 0.1) is 6.42 Å². The van der Waals surface area contributed by atoms with Gasteiger partial charge < -0.3 is 14.6 Å². The van der Waals surface area contributed by atoms with Crippen molar-refractivity contribution in [2.45, 2.75) is 19.3 Å². The number of carbonyl (C=O) groups excluding carboxylic acids is 1. The van der Waals surface area contributed by atoms with Crippen molar-refractivity contribution in [3.8, 4) is 0 Å². The minimum Gasteiger partial charge on any atom is -0.423 e. The largest absolute Gasteiger partial charge is 0.423 e. The van der Waals surface area contributed by atoms with E-state index in [0.717, 1.165) is 42.6 Å². The molecule has 4 rings (SSSR count). The number of oxazole rings is 1. The van der Waals surface area contributed by atoms with Crippen molar-refractivity contribution in [1.82, 2.24) is 10.3 Å². The third kappa shape index (κ3) is 4.27. The number of amides is 1. The van der Waals surface area contributed by atoms with Gasteiger partial charge in [0.2, 0.25) is 5.91 Å². The molecule has 0 saturated carbocycles. The Morgan fingerprint density at radius 1 is 1.15 bits per heavy atom. The molecule has 1 aromatic heterocycles. The molecule has 2 aromatic carbocycles. The standard InChI is InChI=1S/C21H22FN3O2/c22-17-7-5-15(6-8-17)13-20(26)23-14-16-9-11-25(12-10-16)21-24-18-3-1-2-4-19(18)27-21/h1-8,16H,9-14H2,(H,23,26). The van der Waals surface area contributed by atoms with Crippen LogP contribution in [0.25, 0.3) is 11.1 Å². The summed E-state index contributed by atoms with van der Waals surface area (Å²) in [6, 6.07) is 14.5. The molecule has 0 atom stereocenters. The van der Waals surface area contributed by atoms with Gasteiger partial charge in [-0.3, -0.25) is 4.79 Å². The van der Waals surface area contributed by atoms with Crippen LogP contribution in [0.2, 0.25) is 0 Å². The third-order valence-electron chi connectivity index (χ3n) is 5.03. The maximum atomic E-state index is 12.9. The number of rotatable bonds is 5. The van der Waals surface area contributed by atoms with Gasteiger partial charge in [-0.05, 0) is 48.6 Å². The molecular formula is C21H22FN3O2. The Kier molecular flexibility index (Phi) is 5.05. The summed E-state index contributed by atoms with van der Waals surface area (Å²) < 4.78 is 18.7. The molecule has 0 spiro atoms. The average Bonchev–Trinajstić information content (AvgIpc) is 3.13. The normalized spacial score (nSPS) is 15.2. The van der Waals surface area contributed by atoms with Crippen molar-refractivity contribution < 1.29 is 13.6 Å². The topological polar surface area (TPSA) is 58.4 Å². The van der Waals surface area contributed by atoms with Crippen LogP contribution in [-0.2, 0) is 11.2 Å². The Labute approximate surface area is 157 Å². The smallest absolute Gasteiger partial charge is 0.298 e. The first-order valence-corrected chi connectivity index (χ1v) is 9.29. The number of anilines is 1. The fourth-order valence-corrected chi connectivity index (χ4v) is 3.43. The van der Waals surface area contributed by atoms with Gasteiger partial charge in [-0.2, -0.15) is 4.98 Å². The van der Waals surface area contributed by atoms with E-state index in [4.69, 9.17) is 4.42 Å². The molecule has 3 aromatic rings. The van der Waals surface area contributed by atoms with Crippen molar-refractivity contribution in [3.05, 3.63) is 59.9 Å². The zero-order chi connectivity index (χ0) is 18.6. The fourth-order valence-electron chi connectivity index (χ4n) is 3.43. The number of hydrogen-bond acceptors (Lipinski definition) is 4. The molecule has 0 aliphatic carbocycles. The molecule has 27 heavy (non-hydrogen) atoms. The summed E-state index contributed by atoms with van der Waals surface area (Å²) in [6.07, 6.45) is 2.24. The van der Waals surface area contributed by atoms with Crippen LogP contribution < -0.4 is 10.2 Å². The van der Waals surface area contributed by atoms with Gasteiger partial charge in [-0.1, -0.05) is 24.3 Å². The highest BCUT2D eigenvalue weighted by atomic mass is 19.1. The SMILES string of the molecule is O=C(Cc1ccc(F)cc1)NCC1CCN(c2nc3ccccc3o2)CC1. The first-order chi connectivity index (χ1) is 13.2. The first-order valence-electron chi connectivity index (χ1n) is 9.29. The van der Waals surface area contributed by atoms with E-state index < -0.39 is 0 Å². The quantitative estimate of drug-likeness (QED) is 0.749. The van der Waals surface area contributed by atoms with Crippen LogP contribution in [0.15, 0.2) is 52.9 Å². The molecular weight excluding hydrogens is 345 g/mol. The molecule has 1 aliphatic rings. The summed E-state index contributed by atoms with van der Waals surface area (Å²) in [7, 11) is 0.